The summed E-state index contributed by atoms with van der Waals surface area (Å²) in [7, 11) is 0. The van der Waals surface area contributed by atoms with Crippen LogP contribution in [-0.2, 0) is 6.42 Å². The van der Waals surface area contributed by atoms with E-state index in [9.17, 15) is 0 Å². The van der Waals surface area contributed by atoms with E-state index in [4.69, 9.17) is 0 Å². The second-order valence-electron chi connectivity index (χ2n) is 3.00. The molecule has 1 atom stereocenters. The minimum atomic E-state index is 0.549. The first kappa shape index (κ1) is 6.59. The third-order valence-electron chi connectivity index (χ3n) is 2.20. The minimum absolute atomic E-state index is 0.549. The number of aromatic nitrogens is 1. The normalized spacial score (nSPS) is 21.4. The molecule has 0 spiro atoms. The lowest BCUT2D eigenvalue weighted by Gasteiger charge is -2.15. The summed E-state index contributed by atoms with van der Waals surface area (Å²) in [5.74, 6) is 0.549. The highest BCUT2D eigenvalue weighted by atomic mass is 14.6. The zero-order chi connectivity index (χ0) is 7.68. The molecule has 0 N–H and O–H groups in total. The third-order valence-corrected chi connectivity index (χ3v) is 2.20. The van der Waals surface area contributed by atoms with Crippen LogP contribution in [0.1, 0.15) is 24.0 Å². The Kier molecular flexibility index (Phi) is 1.50. The van der Waals surface area contributed by atoms with Crippen LogP contribution < -0.4 is 0 Å². The Morgan fingerprint density at radius 1 is 1.55 bits per heavy atom. The molecule has 1 aromatic heterocycles. The molecule has 0 saturated carbocycles. The van der Waals surface area contributed by atoms with Crippen molar-refractivity contribution >= 4 is 0 Å². The van der Waals surface area contributed by atoms with Gasteiger partial charge in [0, 0.05) is 18.3 Å². The molecule has 0 bridgehead atoms. The number of allylic oxidation sites excluding steroid dienone is 2. The van der Waals surface area contributed by atoms with Gasteiger partial charge in [-0.15, -0.1) is 0 Å². The predicted molar refractivity (Wildman–Crippen MR) is 45.5 cm³/mol. The van der Waals surface area contributed by atoms with Crippen molar-refractivity contribution in [2.75, 3.05) is 0 Å². The average molecular weight is 145 g/mol. The number of rotatable bonds is 0. The molecule has 1 heterocycles. The molecule has 0 fully saturated rings. The van der Waals surface area contributed by atoms with Crippen LogP contribution in [0, 0.1) is 0 Å². The Balaban J connectivity index is 2.50. The van der Waals surface area contributed by atoms with Crippen LogP contribution >= 0.6 is 0 Å². The first-order valence-electron chi connectivity index (χ1n) is 3.97. The van der Waals surface area contributed by atoms with Gasteiger partial charge in [0.1, 0.15) is 0 Å². The number of fused-ring (bicyclic) bond motifs is 1. The van der Waals surface area contributed by atoms with Crippen molar-refractivity contribution in [3.63, 3.8) is 0 Å². The van der Waals surface area contributed by atoms with Crippen LogP contribution in [0.5, 0.6) is 0 Å². The maximum atomic E-state index is 4.11. The lowest BCUT2D eigenvalue weighted by atomic mass is 9.91. The molecule has 1 unspecified atom stereocenters. The molecule has 2 rings (SSSR count). The molecule has 1 nitrogen and oxygen atoms in total. The minimum Gasteiger partial charge on any atom is -0.264 e. The van der Waals surface area contributed by atoms with E-state index in [1.54, 1.807) is 0 Å². The molecule has 0 amide bonds. The smallest absolute Gasteiger partial charge is 0.0308 e. The van der Waals surface area contributed by atoms with E-state index < -0.39 is 0 Å². The van der Waals surface area contributed by atoms with Crippen molar-refractivity contribution in [1.82, 2.24) is 4.98 Å². The van der Waals surface area contributed by atoms with E-state index in [0.717, 1.165) is 6.42 Å². The molecule has 0 aliphatic heterocycles. The van der Waals surface area contributed by atoms with E-state index in [-0.39, 0.29) is 0 Å². The first-order valence-corrected chi connectivity index (χ1v) is 3.97. The molecule has 1 aromatic rings. The standard InChI is InChI=1S/C10H11N/c1-8-3-2-4-9-5-6-11-7-10(8)9/h2-3,5-8H,4H2,1H3. The van der Waals surface area contributed by atoms with E-state index >= 15 is 0 Å². The molecule has 1 aliphatic carbocycles. The molecule has 0 aromatic carbocycles. The maximum absolute atomic E-state index is 4.11. The summed E-state index contributed by atoms with van der Waals surface area (Å²) in [6.45, 7) is 2.20. The Hall–Kier alpha value is -1.11. The van der Waals surface area contributed by atoms with Crippen LogP contribution in [0.2, 0.25) is 0 Å². The van der Waals surface area contributed by atoms with E-state index in [2.05, 4.69) is 30.1 Å². The Labute approximate surface area is 66.8 Å². The molecule has 56 valence electrons. The summed E-state index contributed by atoms with van der Waals surface area (Å²) in [6, 6.07) is 2.11. The van der Waals surface area contributed by atoms with Gasteiger partial charge in [0.2, 0.25) is 0 Å². The molecule has 0 saturated heterocycles. The summed E-state index contributed by atoms with van der Waals surface area (Å²) < 4.78 is 0. The summed E-state index contributed by atoms with van der Waals surface area (Å²) >= 11 is 0. The van der Waals surface area contributed by atoms with Crippen molar-refractivity contribution in [2.45, 2.75) is 19.3 Å². The lowest BCUT2D eigenvalue weighted by molar-refractivity contribution is 0.894. The van der Waals surface area contributed by atoms with Crippen molar-refractivity contribution in [3.8, 4) is 0 Å². The van der Waals surface area contributed by atoms with Crippen molar-refractivity contribution in [1.29, 1.82) is 0 Å². The zero-order valence-electron chi connectivity index (χ0n) is 6.62. The quantitative estimate of drug-likeness (QED) is 0.510. The predicted octanol–water partition coefficient (Wildman–Crippen LogP) is 2.30. The van der Waals surface area contributed by atoms with Gasteiger partial charge in [0.05, 0.1) is 0 Å². The number of hydrogen-bond donors (Lipinski definition) is 0. The van der Waals surface area contributed by atoms with Crippen molar-refractivity contribution < 1.29 is 0 Å². The molecule has 1 heteroatoms. The van der Waals surface area contributed by atoms with E-state index in [1.165, 1.54) is 11.1 Å². The molecule has 0 radical (unpaired) electrons. The van der Waals surface area contributed by atoms with Crippen LogP contribution in [0.4, 0.5) is 0 Å². The van der Waals surface area contributed by atoms with Gasteiger partial charge in [-0.25, -0.2) is 0 Å². The fourth-order valence-electron chi connectivity index (χ4n) is 1.53. The van der Waals surface area contributed by atoms with Gasteiger partial charge in [0.15, 0.2) is 0 Å². The summed E-state index contributed by atoms with van der Waals surface area (Å²) in [6.07, 6.45) is 9.38. The Morgan fingerprint density at radius 3 is 3.27 bits per heavy atom. The van der Waals surface area contributed by atoms with Crippen LogP contribution in [0.3, 0.4) is 0 Å². The topological polar surface area (TPSA) is 12.9 Å². The van der Waals surface area contributed by atoms with E-state index in [1.807, 2.05) is 12.4 Å². The van der Waals surface area contributed by atoms with Gasteiger partial charge in [0.25, 0.3) is 0 Å². The fourth-order valence-corrected chi connectivity index (χ4v) is 1.53. The number of pyridine rings is 1. The van der Waals surface area contributed by atoms with Crippen LogP contribution in [-0.4, -0.2) is 4.98 Å². The van der Waals surface area contributed by atoms with Gasteiger partial charge >= 0.3 is 0 Å². The zero-order valence-corrected chi connectivity index (χ0v) is 6.62. The second kappa shape index (κ2) is 2.50. The largest absolute Gasteiger partial charge is 0.264 e. The van der Waals surface area contributed by atoms with Gasteiger partial charge in [-0.2, -0.15) is 0 Å². The molecular weight excluding hydrogens is 134 g/mol. The van der Waals surface area contributed by atoms with Crippen LogP contribution in [0.15, 0.2) is 30.6 Å². The molecule has 11 heavy (non-hydrogen) atoms. The van der Waals surface area contributed by atoms with Gasteiger partial charge in [-0.1, -0.05) is 19.1 Å². The first-order chi connectivity index (χ1) is 5.38. The fraction of sp³-hybridized carbons (Fsp3) is 0.300. The molecular formula is C10H11N. The highest BCUT2D eigenvalue weighted by Gasteiger charge is 2.10. The third kappa shape index (κ3) is 1.07. The number of hydrogen-bond acceptors (Lipinski definition) is 1. The molecule has 1 aliphatic rings. The second-order valence-corrected chi connectivity index (χ2v) is 3.00. The van der Waals surface area contributed by atoms with Crippen LogP contribution in [0.25, 0.3) is 0 Å². The summed E-state index contributed by atoms with van der Waals surface area (Å²) in [5, 5.41) is 0. The highest BCUT2D eigenvalue weighted by molar-refractivity contribution is 5.34. The SMILES string of the molecule is CC1C=CCc2ccncc21. The lowest BCUT2D eigenvalue weighted by Crippen LogP contribution is -2.01. The van der Waals surface area contributed by atoms with Gasteiger partial charge < -0.3 is 0 Å². The summed E-state index contributed by atoms with van der Waals surface area (Å²) in [4.78, 5) is 4.11. The highest BCUT2D eigenvalue weighted by Crippen LogP contribution is 2.24. The van der Waals surface area contributed by atoms with Gasteiger partial charge in [-0.3, -0.25) is 4.98 Å². The monoisotopic (exact) mass is 145 g/mol. The van der Waals surface area contributed by atoms with Crippen molar-refractivity contribution in [3.05, 3.63) is 41.7 Å². The Morgan fingerprint density at radius 2 is 2.45 bits per heavy atom. The maximum Gasteiger partial charge on any atom is 0.0308 e. The Bertz CT molecular complexity index is 289. The van der Waals surface area contributed by atoms with Crippen molar-refractivity contribution in [2.24, 2.45) is 0 Å². The van der Waals surface area contributed by atoms with Gasteiger partial charge in [-0.05, 0) is 23.6 Å². The summed E-state index contributed by atoms with van der Waals surface area (Å²) in [5.41, 5.74) is 2.81. The van der Waals surface area contributed by atoms with E-state index in [0.29, 0.717) is 5.92 Å². The number of nitrogens with zero attached hydrogens (tertiary/aromatic N) is 1. The average Bonchev–Trinajstić information content (AvgIpc) is 2.06.